The Kier molecular flexibility index (Phi) is 6.03. The van der Waals surface area contributed by atoms with Gasteiger partial charge in [-0.15, -0.1) is 11.3 Å². The number of nitrogens with zero attached hydrogens (tertiary/aromatic N) is 3. The van der Waals surface area contributed by atoms with Crippen LogP contribution in [0.4, 0.5) is 10.8 Å². The van der Waals surface area contributed by atoms with Crippen LogP contribution in [0.3, 0.4) is 0 Å². The van der Waals surface area contributed by atoms with Crippen LogP contribution in [0.1, 0.15) is 26.5 Å². The van der Waals surface area contributed by atoms with Gasteiger partial charge in [0.15, 0.2) is 5.13 Å². The van der Waals surface area contributed by atoms with Gasteiger partial charge in [-0.2, -0.15) is 0 Å². The second kappa shape index (κ2) is 8.45. The van der Waals surface area contributed by atoms with E-state index in [0.717, 1.165) is 5.69 Å². The highest BCUT2D eigenvalue weighted by atomic mass is 32.1. The Balaban J connectivity index is 1.72. The molecule has 1 aromatic carbocycles. The maximum atomic E-state index is 12.4. The molecule has 1 saturated heterocycles. The van der Waals surface area contributed by atoms with Crippen LogP contribution < -0.4 is 4.90 Å². The standard InChI is InChI=1S/C20H23N3O3S/c1-14-11-22(12-15(2)26-14)19(25)10-9-17-13-27-20(21-17)23(16(3)24)18-7-5-4-6-8-18/h4-10,13-15H,11-12H2,1-3H3/b10-9+. The van der Waals surface area contributed by atoms with Crippen molar-refractivity contribution in [3.8, 4) is 0 Å². The molecule has 2 amide bonds. The third-order valence-corrected chi connectivity index (χ3v) is 5.00. The number of morpholine rings is 1. The second-order valence-corrected chi connectivity index (χ2v) is 7.42. The lowest BCUT2D eigenvalue weighted by Crippen LogP contribution is -2.47. The molecule has 0 aliphatic carbocycles. The third kappa shape index (κ3) is 4.81. The zero-order valence-electron chi connectivity index (χ0n) is 15.7. The predicted octanol–water partition coefficient (Wildman–Crippen LogP) is 3.48. The predicted molar refractivity (Wildman–Crippen MR) is 107 cm³/mol. The molecule has 0 spiro atoms. The number of amides is 2. The minimum Gasteiger partial charge on any atom is -0.372 e. The Bertz CT molecular complexity index is 824. The first-order chi connectivity index (χ1) is 12.9. The molecule has 3 rings (SSSR count). The maximum absolute atomic E-state index is 12.4. The van der Waals surface area contributed by atoms with Crippen molar-refractivity contribution in [2.75, 3.05) is 18.0 Å². The minimum absolute atomic E-state index is 0.0342. The number of hydrogen-bond donors (Lipinski definition) is 0. The minimum atomic E-state index is -0.113. The molecule has 0 bridgehead atoms. The first-order valence-electron chi connectivity index (χ1n) is 8.87. The molecule has 0 radical (unpaired) electrons. The number of carbonyl (C=O) groups is 2. The van der Waals surface area contributed by atoms with Gasteiger partial charge in [0.25, 0.3) is 0 Å². The summed E-state index contributed by atoms with van der Waals surface area (Å²) in [6, 6.07) is 9.38. The fourth-order valence-corrected chi connectivity index (χ4v) is 3.93. The van der Waals surface area contributed by atoms with Crippen molar-refractivity contribution < 1.29 is 14.3 Å². The number of anilines is 2. The molecule has 1 aliphatic heterocycles. The summed E-state index contributed by atoms with van der Waals surface area (Å²) in [6.07, 6.45) is 3.29. The number of carbonyl (C=O) groups excluding carboxylic acids is 2. The molecule has 0 saturated carbocycles. The topological polar surface area (TPSA) is 62.7 Å². The number of thiazole rings is 1. The summed E-state index contributed by atoms with van der Waals surface area (Å²) in [5, 5.41) is 2.41. The summed E-state index contributed by atoms with van der Waals surface area (Å²) >= 11 is 1.37. The van der Waals surface area contributed by atoms with Crippen LogP contribution in [-0.2, 0) is 14.3 Å². The lowest BCUT2D eigenvalue weighted by atomic mass is 10.2. The average Bonchev–Trinajstić information content (AvgIpc) is 3.08. The fourth-order valence-electron chi connectivity index (χ4n) is 3.08. The lowest BCUT2D eigenvalue weighted by molar-refractivity contribution is -0.137. The van der Waals surface area contributed by atoms with Crippen molar-refractivity contribution in [1.82, 2.24) is 9.88 Å². The molecule has 2 aromatic rings. The zero-order valence-corrected chi connectivity index (χ0v) is 16.5. The Morgan fingerprint density at radius 1 is 1.22 bits per heavy atom. The van der Waals surface area contributed by atoms with E-state index in [4.69, 9.17) is 4.74 Å². The van der Waals surface area contributed by atoms with E-state index >= 15 is 0 Å². The molecular formula is C20H23N3O3S. The molecule has 6 nitrogen and oxygen atoms in total. The van der Waals surface area contributed by atoms with Crippen molar-refractivity contribution in [1.29, 1.82) is 0 Å². The average molecular weight is 385 g/mol. The SMILES string of the molecule is CC(=O)N(c1ccccc1)c1nc(/C=C/C(=O)N2CC(C)OC(C)C2)cs1. The van der Waals surface area contributed by atoms with Crippen molar-refractivity contribution in [2.45, 2.75) is 33.0 Å². The van der Waals surface area contributed by atoms with Crippen LogP contribution in [0.2, 0.25) is 0 Å². The zero-order chi connectivity index (χ0) is 19.4. The van der Waals surface area contributed by atoms with Crippen LogP contribution in [-0.4, -0.2) is 47.0 Å². The van der Waals surface area contributed by atoms with Crippen molar-refractivity contribution in [3.05, 3.63) is 47.5 Å². The molecule has 27 heavy (non-hydrogen) atoms. The Hall–Kier alpha value is -2.51. The van der Waals surface area contributed by atoms with Gasteiger partial charge in [-0.1, -0.05) is 18.2 Å². The van der Waals surface area contributed by atoms with Crippen LogP contribution in [0.5, 0.6) is 0 Å². The summed E-state index contributed by atoms with van der Waals surface area (Å²) in [5.74, 6) is -0.170. The van der Waals surface area contributed by atoms with Crippen molar-refractivity contribution >= 4 is 40.0 Å². The number of benzene rings is 1. The monoisotopic (exact) mass is 385 g/mol. The van der Waals surface area contributed by atoms with Gasteiger partial charge in [-0.05, 0) is 32.1 Å². The lowest BCUT2D eigenvalue weighted by Gasteiger charge is -2.34. The number of rotatable bonds is 4. The van der Waals surface area contributed by atoms with Crippen molar-refractivity contribution in [3.63, 3.8) is 0 Å². The first kappa shape index (κ1) is 19.3. The van der Waals surface area contributed by atoms with Crippen LogP contribution in [0, 0.1) is 0 Å². The normalized spacial score (nSPS) is 20.0. The molecule has 1 aromatic heterocycles. The third-order valence-electron chi connectivity index (χ3n) is 4.16. The Labute approximate surface area is 163 Å². The highest BCUT2D eigenvalue weighted by molar-refractivity contribution is 7.14. The molecular weight excluding hydrogens is 362 g/mol. The van der Waals surface area contributed by atoms with E-state index in [2.05, 4.69) is 4.98 Å². The van der Waals surface area contributed by atoms with Gasteiger partial charge in [-0.25, -0.2) is 4.98 Å². The smallest absolute Gasteiger partial charge is 0.246 e. The number of aromatic nitrogens is 1. The Morgan fingerprint density at radius 3 is 2.52 bits per heavy atom. The van der Waals surface area contributed by atoms with Gasteiger partial charge in [0.1, 0.15) is 0 Å². The fraction of sp³-hybridized carbons (Fsp3) is 0.350. The first-order valence-corrected chi connectivity index (χ1v) is 9.75. The molecule has 0 N–H and O–H groups in total. The quantitative estimate of drug-likeness (QED) is 0.756. The van der Waals surface area contributed by atoms with Gasteiger partial charge >= 0.3 is 0 Å². The number of ether oxygens (including phenoxy) is 1. The summed E-state index contributed by atoms with van der Waals surface area (Å²) in [7, 11) is 0. The van der Waals surface area contributed by atoms with E-state index < -0.39 is 0 Å². The maximum Gasteiger partial charge on any atom is 0.246 e. The number of para-hydroxylation sites is 1. The van der Waals surface area contributed by atoms with E-state index in [0.29, 0.717) is 23.9 Å². The Morgan fingerprint density at radius 2 is 1.89 bits per heavy atom. The van der Waals surface area contributed by atoms with Gasteiger partial charge in [0, 0.05) is 31.5 Å². The van der Waals surface area contributed by atoms with Crippen LogP contribution in [0.15, 0.2) is 41.8 Å². The molecule has 142 valence electrons. The van der Waals surface area contributed by atoms with Crippen LogP contribution in [0.25, 0.3) is 6.08 Å². The summed E-state index contributed by atoms with van der Waals surface area (Å²) in [6.45, 7) is 6.61. The van der Waals surface area contributed by atoms with Crippen molar-refractivity contribution in [2.24, 2.45) is 0 Å². The second-order valence-electron chi connectivity index (χ2n) is 6.58. The van der Waals surface area contributed by atoms with E-state index in [9.17, 15) is 9.59 Å². The van der Waals surface area contributed by atoms with Gasteiger partial charge < -0.3 is 9.64 Å². The van der Waals surface area contributed by atoms with E-state index in [1.54, 1.807) is 15.9 Å². The highest BCUT2D eigenvalue weighted by Crippen LogP contribution is 2.29. The van der Waals surface area contributed by atoms with Gasteiger partial charge in [0.2, 0.25) is 11.8 Å². The van der Waals surface area contributed by atoms with Crippen LogP contribution >= 0.6 is 11.3 Å². The molecule has 1 fully saturated rings. The summed E-state index contributed by atoms with van der Waals surface area (Å²) in [5.41, 5.74) is 1.42. The number of hydrogen-bond acceptors (Lipinski definition) is 5. The van der Waals surface area contributed by atoms with E-state index in [-0.39, 0.29) is 24.0 Å². The van der Waals surface area contributed by atoms with E-state index in [1.807, 2.05) is 49.6 Å². The summed E-state index contributed by atoms with van der Waals surface area (Å²) in [4.78, 5) is 32.4. The molecule has 7 heteroatoms. The van der Waals surface area contributed by atoms with E-state index in [1.165, 1.54) is 24.3 Å². The highest BCUT2D eigenvalue weighted by Gasteiger charge is 2.24. The summed E-state index contributed by atoms with van der Waals surface area (Å²) < 4.78 is 5.66. The largest absolute Gasteiger partial charge is 0.372 e. The van der Waals surface area contributed by atoms with Gasteiger partial charge in [-0.3, -0.25) is 14.5 Å². The molecule has 2 atom stereocenters. The molecule has 2 heterocycles. The van der Waals surface area contributed by atoms with Gasteiger partial charge in [0.05, 0.1) is 23.6 Å². The molecule has 2 unspecified atom stereocenters. The molecule has 1 aliphatic rings.